The Balaban J connectivity index is 2.17. The first-order chi connectivity index (χ1) is 13.3. The molecule has 3 nitrogen and oxygen atoms in total. The van der Waals surface area contributed by atoms with E-state index in [-0.39, 0.29) is 12.0 Å². The maximum absolute atomic E-state index is 13.5. The Kier molecular flexibility index (Phi) is 4.54. The van der Waals surface area contributed by atoms with Gasteiger partial charge in [-0.15, -0.1) is 0 Å². The maximum atomic E-state index is 13.5. The van der Waals surface area contributed by atoms with Gasteiger partial charge in [-0.05, 0) is 49.1 Å². The normalized spacial score (nSPS) is 14.9. The number of para-hydroxylation sites is 1. The van der Waals surface area contributed by atoms with Gasteiger partial charge in [-0.25, -0.2) is 8.42 Å². The molecule has 0 N–H and O–H groups in total. The summed E-state index contributed by atoms with van der Waals surface area (Å²) >= 11 is 0. The number of benzene rings is 3. The first kappa shape index (κ1) is 18.8. The first-order valence-electron chi connectivity index (χ1n) is 9.69. The van der Waals surface area contributed by atoms with Gasteiger partial charge < -0.3 is 4.90 Å². The topological polar surface area (TPSA) is 37.4 Å². The van der Waals surface area contributed by atoms with E-state index in [4.69, 9.17) is 0 Å². The van der Waals surface area contributed by atoms with Gasteiger partial charge in [0.05, 0.1) is 21.2 Å². The fraction of sp³-hybridized carbons (Fsp3) is 0.250. The zero-order valence-electron chi connectivity index (χ0n) is 16.7. The molecular weight excluding hydrogens is 366 g/mol. The lowest BCUT2D eigenvalue weighted by atomic mass is 9.90. The quantitative estimate of drug-likeness (QED) is 0.536. The van der Waals surface area contributed by atoms with Crippen molar-refractivity contribution >= 4 is 21.2 Å². The van der Waals surface area contributed by atoms with Crippen molar-refractivity contribution in [3.63, 3.8) is 0 Å². The van der Waals surface area contributed by atoms with Crippen molar-refractivity contribution in [1.82, 2.24) is 0 Å². The van der Waals surface area contributed by atoms with Gasteiger partial charge in [0.15, 0.2) is 0 Å². The standard InChI is InChI=1S/C24H25NO2S/c1-16(2)19-14-15-22-24(23(19)18-10-6-5-7-11-18)25(17(3)4)20-12-8-9-13-21(20)28(22,26)27/h5-17H,1-4H3. The minimum absolute atomic E-state index is 0.111. The van der Waals surface area contributed by atoms with Gasteiger partial charge in [0.2, 0.25) is 9.84 Å². The predicted molar refractivity (Wildman–Crippen MR) is 115 cm³/mol. The van der Waals surface area contributed by atoms with E-state index in [1.807, 2.05) is 36.4 Å². The lowest BCUT2D eigenvalue weighted by Crippen LogP contribution is -2.32. The summed E-state index contributed by atoms with van der Waals surface area (Å²) in [7, 11) is -3.58. The maximum Gasteiger partial charge on any atom is 0.210 e. The van der Waals surface area contributed by atoms with Gasteiger partial charge in [0, 0.05) is 11.6 Å². The minimum Gasteiger partial charge on any atom is -0.336 e. The van der Waals surface area contributed by atoms with Crippen molar-refractivity contribution in [3.05, 3.63) is 72.3 Å². The van der Waals surface area contributed by atoms with Crippen LogP contribution in [0.5, 0.6) is 0 Å². The molecule has 1 heterocycles. The van der Waals surface area contributed by atoms with Crippen LogP contribution in [0.4, 0.5) is 11.4 Å². The summed E-state index contributed by atoms with van der Waals surface area (Å²) in [6.07, 6.45) is 0. The van der Waals surface area contributed by atoms with Gasteiger partial charge in [0.1, 0.15) is 0 Å². The first-order valence-corrected chi connectivity index (χ1v) is 11.2. The fourth-order valence-electron chi connectivity index (χ4n) is 4.09. The van der Waals surface area contributed by atoms with E-state index < -0.39 is 9.84 Å². The molecule has 1 aliphatic rings. The molecule has 4 heteroatoms. The van der Waals surface area contributed by atoms with Crippen LogP contribution in [0.3, 0.4) is 0 Å². The summed E-state index contributed by atoms with van der Waals surface area (Å²) in [4.78, 5) is 2.95. The summed E-state index contributed by atoms with van der Waals surface area (Å²) in [5, 5.41) is 0. The predicted octanol–water partition coefficient (Wildman–Crippen LogP) is 6.17. The molecule has 0 unspecified atom stereocenters. The van der Waals surface area contributed by atoms with Crippen LogP contribution >= 0.6 is 0 Å². The number of anilines is 2. The molecule has 28 heavy (non-hydrogen) atoms. The Morgan fingerprint density at radius 1 is 0.750 bits per heavy atom. The van der Waals surface area contributed by atoms with Crippen LogP contribution in [-0.4, -0.2) is 14.5 Å². The molecule has 0 atom stereocenters. The Labute approximate surface area is 167 Å². The van der Waals surface area contributed by atoms with Crippen molar-refractivity contribution < 1.29 is 8.42 Å². The highest BCUT2D eigenvalue weighted by molar-refractivity contribution is 7.92. The molecule has 144 valence electrons. The second-order valence-corrected chi connectivity index (χ2v) is 9.72. The zero-order valence-corrected chi connectivity index (χ0v) is 17.5. The zero-order chi connectivity index (χ0) is 20.1. The highest BCUT2D eigenvalue weighted by atomic mass is 32.2. The molecule has 0 spiro atoms. The highest BCUT2D eigenvalue weighted by Gasteiger charge is 2.37. The number of hydrogen-bond donors (Lipinski definition) is 0. The van der Waals surface area contributed by atoms with E-state index in [0.29, 0.717) is 9.79 Å². The molecule has 3 aromatic rings. The van der Waals surface area contributed by atoms with Crippen molar-refractivity contribution in [2.45, 2.75) is 49.4 Å². The van der Waals surface area contributed by atoms with Crippen LogP contribution in [0.1, 0.15) is 39.2 Å². The third-order valence-electron chi connectivity index (χ3n) is 5.32. The third kappa shape index (κ3) is 2.75. The Morgan fingerprint density at radius 2 is 1.39 bits per heavy atom. The van der Waals surface area contributed by atoms with Crippen LogP contribution in [0.2, 0.25) is 0 Å². The average Bonchev–Trinajstić information content (AvgIpc) is 2.67. The molecule has 0 saturated carbocycles. The van der Waals surface area contributed by atoms with Gasteiger partial charge in [-0.2, -0.15) is 0 Å². The van der Waals surface area contributed by atoms with Crippen molar-refractivity contribution in [2.24, 2.45) is 0 Å². The summed E-state index contributed by atoms with van der Waals surface area (Å²) < 4.78 is 27.0. The molecule has 0 amide bonds. The molecule has 0 radical (unpaired) electrons. The van der Waals surface area contributed by atoms with E-state index in [1.54, 1.807) is 18.2 Å². The number of fused-ring (bicyclic) bond motifs is 2. The number of nitrogens with zero attached hydrogens (tertiary/aromatic N) is 1. The smallest absolute Gasteiger partial charge is 0.210 e. The molecule has 4 rings (SSSR count). The minimum atomic E-state index is -3.58. The fourth-order valence-corrected chi connectivity index (χ4v) is 5.73. The molecular formula is C24H25NO2S. The van der Waals surface area contributed by atoms with Gasteiger partial charge in [-0.1, -0.05) is 62.4 Å². The lowest BCUT2D eigenvalue weighted by molar-refractivity contribution is 0.592. The molecule has 0 bridgehead atoms. The van der Waals surface area contributed by atoms with Gasteiger partial charge in [0.25, 0.3) is 0 Å². The molecule has 0 aliphatic carbocycles. The number of rotatable bonds is 3. The van der Waals surface area contributed by atoms with Crippen molar-refractivity contribution in [2.75, 3.05) is 4.90 Å². The molecule has 0 aromatic heterocycles. The Bertz CT molecular complexity index is 1130. The number of sulfone groups is 1. The summed E-state index contributed by atoms with van der Waals surface area (Å²) in [6, 6.07) is 21.3. The summed E-state index contributed by atoms with van der Waals surface area (Å²) in [5.41, 5.74) is 4.77. The number of hydrogen-bond acceptors (Lipinski definition) is 3. The van der Waals surface area contributed by atoms with Crippen LogP contribution in [-0.2, 0) is 9.84 Å². The van der Waals surface area contributed by atoms with Crippen LogP contribution in [0.15, 0.2) is 76.5 Å². The van der Waals surface area contributed by atoms with E-state index in [9.17, 15) is 8.42 Å². The molecule has 3 aromatic carbocycles. The van der Waals surface area contributed by atoms with E-state index in [1.165, 1.54) is 0 Å². The monoisotopic (exact) mass is 391 g/mol. The van der Waals surface area contributed by atoms with E-state index in [2.05, 4.69) is 44.7 Å². The summed E-state index contributed by atoms with van der Waals surface area (Å²) in [6.45, 7) is 8.52. The summed E-state index contributed by atoms with van der Waals surface area (Å²) in [5.74, 6) is 0.273. The molecule has 1 aliphatic heterocycles. The van der Waals surface area contributed by atoms with Crippen LogP contribution < -0.4 is 4.90 Å². The van der Waals surface area contributed by atoms with E-state index in [0.717, 1.165) is 28.1 Å². The van der Waals surface area contributed by atoms with E-state index >= 15 is 0 Å². The third-order valence-corrected chi connectivity index (χ3v) is 7.15. The molecule has 0 saturated heterocycles. The van der Waals surface area contributed by atoms with Gasteiger partial charge in [-0.3, -0.25) is 0 Å². The largest absolute Gasteiger partial charge is 0.336 e. The molecule has 0 fully saturated rings. The SMILES string of the molecule is CC(C)c1ccc2c(c1-c1ccccc1)N(C(C)C)c1ccccc1S2(=O)=O. The highest BCUT2D eigenvalue weighted by Crippen LogP contribution is 2.51. The Hall–Kier alpha value is -2.59. The van der Waals surface area contributed by atoms with Crippen LogP contribution in [0, 0.1) is 0 Å². The second-order valence-electron chi connectivity index (χ2n) is 7.83. The van der Waals surface area contributed by atoms with Crippen molar-refractivity contribution in [1.29, 1.82) is 0 Å². The van der Waals surface area contributed by atoms with Gasteiger partial charge >= 0.3 is 0 Å². The second kappa shape index (κ2) is 6.78. The average molecular weight is 392 g/mol. The lowest BCUT2D eigenvalue weighted by Gasteiger charge is -2.38. The van der Waals surface area contributed by atoms with Crippen molar-refractivity contribution in [3.8, 4) is 11.1 Å². The van der Waals surface area contributed by atoms with Crippen LogP contribution in [0.25, 0.3) is 11.1 Å². The Morgan fingerprint density at radius 3 is 2.04 bits per heavy atom.